The van der Waals surface area contributed by atoms with Crippen LogP contribution in [-0.2, 0) is 0 Å². The van der Waals surface area contributed by atoms with E-state index in [0.29, 0.717) is 13.3 Å². The van der Waals surface area contributed by atoms with Gasteiger partial charge in [0, 0.05) is 0 Å². The molecule has 0 atom stereocenters. The number of aromatic nitrogens is 1. The van der Waals surface area contributed by atoms with Gasteiger partial charge < -0.3 is 0 Å². The van der Waals surface area contributed by atoms with Crippen LogP contribution >= 0.6 is 9.91 Å². The van der Waals surface area contributed by atoms with E-state index in [1.165, 1.54) is 9.78 Å². The van der Waals surface area contributed by atoms with Gasteiger partial charge in [0.05, 0.1) is 0 Å². The van der Waals surface area contributed by atoms with Gasteiger partial charge >= 0.3 is 61.7 Å². The number of hydrogen-bond donors (Lipinski definition) is 0. The van der Waals surface area contributed by atoms with Crippen molar-refractivity contribution in [1.29, 1.82) is 0 Å². The summed E-state index contributed by atoms with van der Waals surface area (Å²) in [5, 5.41) is 0. The van der Waals surface area contributed by atoms with E-state index in [1.807, 2.05) is 6.07 Å². The summed E-state index contributed by atoms with van der Waals surface area (Å²) in [6.07, 6.45) is 0. The Kier molecular flexibility index (Phi) is 1.34. The normalized spacial score (nSPS) is 10.2. The molecule has 1 heterocycles. The fourth-order valence-corrected chi connectivity index (χ4v) is 3.87. The third-order valence-corrected chi connectivity index (χ3v) is 4.45. The molecule has 0 aliphatic heterocycles. The fraction of sp³-hybridized carbons (Fsp3) is 0. The first-order valence-electron chi connectivity index (χ1n) is 2.60. The van der Waals surface area contributed by atoms with Gasteiger partial charge in [0.2, 0.25) is 0 Å². The molecule has 0 aliphatic rings. The molecule has 9 heavy (non-hydrogen) atoms. The van der Waals surface area contributed by atoms with Crippen molar-refractivity contribution in [2.45, 2.75) is 0 Å². The average molecular weight is 201 g/mol. The standard InChI is InChI=1S/C6H4NSSe/c1-2-4-6-5(3-1)7-8-9-6/h1-4H/q+1. The van der Waals surface area contributed by atoms with Crippen LogP contribution in [0.5, 0.6) is 0 Å². The van der Waals surface area contributed by atoms with Crippen LogP contribution in [0.25, 0.3) is 9.78 Å². The summed E-state index contributed by atoms with van der Waals surface area (Å²) in [7, 11) is 1.69. The zero-order valence-corrected chi connectivity index (χ0v) is 7.10. The molecule has 44 valence electrons. The molecule has 2 aromatic rings. The Labute approximate surface area is 61.9 Å². The number of rotatable bonds is 0. The number of benzene rings is 1. The Balaban J connectivity index is 2.95. The van der Waals surface area contributed by atoms with Crippen LogP contribution in [0, 0.1) is 0 Å². The third-order valence-electron chi connectivity index (χ3n) is 1.13. The summed E-state index contributed by atoms with van der Waals surface area (Å²) in [5.41, 5.74) is 1.18. The molecular formula is C6H4NSSe+. The van der Waals surface area contributed by atoms with Gasteiger partial charge in [-0.1, -0.05) is 0 Å². The van der Waals surface area contributed by atoms with Gasteiger partial charge in [-0.3, -0.25) is 0 Å². The van der Waals surface area contributed by atoms with E-state index >= 15 is 0 Å². The second kappa shape index (κ2) is 2.18. The molecule has 1 aromatic carbocycles. The molecule has 1 nitrogen and oxygen atoms in total. The second-order valence-corrected chi connectivity index (χ2v) is 5.13. The van der Waals surface area contributed by atoms with E-state index in [1.54, 1.807) is 9.91 Å². The summed E-state index contributed by atoms with van der Waals surface area (Å²) in [6, 6.07) is 8.32. The van der Waals surface area contributed by atoms with Gasteiger partial charge in [-0.25, -0.2) is 0 Å². The van der Waals surface area contributed by atoms with Crippen molar-refractivity contribution in [3.05, 3.63) is 24.3 Å². The molecule has 0 aliphatic carbocycles. The summed E-state index contributed by atoms with van der Waals surface area (Å²) in [6.45, 7) is 0. The van der Waals surface area contributed by atoms with E-state index in [9.17, 15) is 0 Å². The van der Waals surface area contributed by atoms with Gasteiger partial charge in [-0.15, -0.1) is 0 Å². The number of hydrogen-bond acceptors (Lipinski definition) is 1. The van der Waals surface area contributed by atoms with Crippen LogP contribution < -0.4 is 0 Å². The van der Waals surface area contributed by atoms with Crippen molar-refractivity contribution >= 4 is 33.0 Å². The Morgan fingerprint density at radius 2 is 2.22 bits per heavy atom. The summed E-state index contributed by atoms with van der Waals surface area (Å²) < 4.78 is 5.67. The average Bonchev–Trinajstić information content (AvgIpc) is 2.33. The zero-order valence-electron chi connectivity index (χ0n) is 4.57. The molecule has 3 heteroatoms. The van der Waals surface area contributed by atoms with Crippen molar-refractivity contribution in [2.24, 2.45) is 0 Å². The molecule has 2 rings (SSSR count). The van der Waals surface area contributed by atoms with Gasteiger partial charge in [-0.05, 0) is 0 Å². The van der Waals surface area contributed by atoms with E-state index < -0.39 is 0 Å². The molecule has 1 aromatic heterocycles. The van der Waals surface area contributed by atoms with Crippen molar-refractivity contribution in [1.82, 2.24) is 4.37 Å². The Bertz CT molecular complexity index is 287. The van der Waals surface area contributed by atoms with Gasteiger partial charge in [0.15, 0.2) is 0 Å². The fourth-order valence-electron chi connectivity index (χ4n) is 0.702. The van der Waals surface area contributed by atoms with Crippen molar-refractivity contribution in [3.8, 4) is 0 Å². The molecule has 0 radical (unpaired) electrons. The van der Waals surface area contributed by atoms with E-state index in [0.717, 1.165) is 0 Å². The molecule has 0 spiro atoms. The molecule has 0 amide bonds. The minimum absolute atomic E-state index is 0.552. The van der Waals surface area contributed by atoms with Crippen molar-refractivity contribution in [3.63, 3.8) is 0 Å². The van der Waals surface area contributed by atoms with Crippen LogP contribution in [0.15, 0.2) is 24.3 Å². The second-order valence-electron chi connectivity index (χ2n) is 1.72. The molecule has 0 unspecified atom stereocenters. The maximum atomic E-state index is 4.24. The molecule has 0 bridgehead atoms. The predicted molar refractivity (Wildman–Crippen MR) is 41.0 cm³/mol. The minimum atomic E-state index is 0.552. The first kappa shape index (κ1) is 5.54. The van der Waals surface area contributed by atoms with Gasteiger partial charge in [0.1, 0.15) is 0 Å². The SMILES string of the molecule is c1ccc2[se][s+]nc2c1. The summed E-state index contributed by atoms with van der Waals surface area (Å²) in [4.78, 5) is 0. The van der Waals surface area contributed by atoms with E-state index in [4.69, 9.17) is 0 Å². The molecular weight excluding hydrogens is 197 g/mol. The van der Waals surface area contributed by atoms with Crippen LogP contribution in [-0.4, -0.2) is 17.7 Å². The van der Waals surface area contributed by atoms with E-state index in [-0.39, 0.29) is 0 Å². The Morgan fingerprint density at radius 3 is 3.11 bits per heavy atom. The number of fused-ring (bicyclic) bond motifs is 1. The van der Waals surface area contributed by atoms with Gasteiger partial charge in [-0.2, -0.15) is 0 Å². The van der Waals surface area contributed by atoms with Gasteiger partial charge in [0.25, 0.3) is 0 Å². The quantitative estimate of drug-likeness (QED) is 0.466. The Morgan fingerprint density at radius 1 is 1.33 bits per heavy atom. The first-order chi connectivity index (χ1) is 4.47. The first-order valence-corrected chi connectivity index (χ1v) is 6.26. The molecule has 0 saturated heterocycles. The maximum absolute atomic E-state index is 4.24. The molecule has 0 saturated carbocycles. The van der Waals surface area contributed by atoms with Crippen LogP contribution in [0.1, 0.15) is 0 Å². The summed E-state index contributed by atoms with van der Waals surface area (Å²) >= 11 is 0.552. The van der Waals surface area contributed by atoms with Crippen LogP contribution in [0.3, 0.4) is 0 Å². The van der Waals surface area contributed by atoms with Crippen molar-refractivity contribution in [2.75, 3.05) is 0 Å². The third kappa shape index (κ3) is 0.916. The van der Waals surface area contributed by atoms with Crippen LogP contribution in [0.4, 0.5) is 0 Å². The number of nitrogens with zero attached hydrogens (tertiary/aromatic N) is 1. The van der Waals surface area contributed by atoms with Crippen molar-refractivity contribution < 1.29 is 0 Å². The Hall–Kier alpha value is -0.241. The van der Waals surface area contributed by atoms with Crippen LogP contribution in [0.2, 0.25) is 0 Å². The van der Waals surface area contributed by atoms with E-state index in [2.05, 4.69) is 22.6 Å². The topological polar surface area (TPSA) is 12.9 Å². The summed E-state index contributed by atoms with van der Waals surface area (Å²) in [5.74, 6) is 0. The predicted octanol–water partition coefficient (Wildman–Crippen LogP) is 1.63. The zero-order chi connectivity index (χ0) is 6.10. The molecule has 0 fully saturated rings. The monoisotopic (exact) mass is 202 g/mol. The molecule has 0 N–H and O–H groups in total.